The number of nitro benzene ring substituents is 1. The van der Waals surface area contributed by atoms with Gasteiger partial charge in [-0.15, -0.1) is 13.2 Å². The normalized spacial score (nSPS) is 23.4. The Morgan fingerprint density at radius 1 is 1.10 bits per heavy atom. The summed E-state index contributed by atoms with van der Waals surface area (Å²) in [6.07, 6.45) is 2.39. The van der Waals surface area contributed by atoms with Crippen molar-refractivity contribution < 1.29 is 22.8 Å². The number of nitrogens with one attached hydrogen (secondary N) is 1. The lowest BCUT2D eigenvalue weighted by Gasteiger charge is -2.50. The second kappa shape index (κ2) is 11.3. The SMILES string of the molecule is NC1([C@H]2CCCN(c3ccc([N+](=O)[O-])cc3)C2)CCCCC1Nc1nccc(-c2cccc(OC(F)(F)F)c2)n1. The summed E-state index contributed by atoms with van der Waals surface area (Å²) < 4.78 is 42.1. The zero-order valence-electron chi connectivity index (χ0n) is 21.8. The monoisotopic (exact) mass is 556 g/mol. The highest BCUT2D eigenvalue weighted by Crippen LogP contribution is 2.39. The Morgan fingerprint density at radius 3 is 2.65 bits per heavy atom. The number of alkyl halides is 3. The van der Waals surface area contributed by atoms with E-state index in [1.54, 1.807) is 30.5 Å². The average Bonchev–Trinajstić information content (AvgIpc) is 2.94. The standard InChI is InChI=1S/C28H31F3N6O3/c29-28(30,31)40-23-7-3-5-19(17-23)24-13-15-33-26(34-24)35-25-8-1-2-14-27(25,32)20-6-4-16-36(18-20)21-9-11-22(12-10-21)37(38)39/h3,5,7,9-13,15,17,20,25H,1-2,4,6,8,14,16,18,32H2,(H,33,34,35)/t20-,25?,27?/m0/s1. The summed E-state index contributed by atoms with van der Waals surface area (Å²) in [5, 5.41) is 14.5. The average molecular weight is 557 g/mol. The van der Waals surface area contributed by atoms with Crippen LogP contribution in [0.5, 0.6) is 5.75 Å². The summed E-state index contributed by atoms with van der Waals surface area (Å²) in [6.45, 7) is 1.59. The molecule has 212 valence electrons. The molecule has 1 saturated carbocycles. The maximum Gasteiger partial charge on any atom is 0.573 e. The van der Waals surface area contributed by atoms with Crippen molar-refractivity contribution in [3.8, 4) is 17.0 Å². The minimum Gasteiger partial charge on any atom is -0.406 e. The van der Waals surface area contributed by atoms with Crippen molar-refractivity contribution in [2.75, 3.05) is 23.3 Å². The number of aromatic nitrogens is 2. The number of nitrogens with two attached hydrogens (primary N) is 1. The highest BCUT2D eigenvalue weighted by molar-refractivity contribution is 5.62. The van der Waals surface area contributed by atoms with Crippen LogP contribution in [-0.4, -0.2) is 45.9 Å². The third-order valence-electron chi connectivity index (χ3n) is 7.93. The Kier molecular flexibility index (Phi) is 7.79. The number of non-ortho nitro benzene ring substituents is 1. The first-order valence-corrected chi connectivity index (χ1v) is 13.3. The van der Waals surface area contributed by atoms with Crippen molar-refractivity contribution in [1.29, 1.82) is 0 Å². The van der Waals surface area contributed by atoms with Crippen LogP contribution in [0.25, 0.3) is 11.3 Å². The molecule has 0 bridgehead atoms. The molecule has 2 fully saturated rings. The van der Waals surface area contributed by atoms with Gasteiger partial charge in [0.2, 0.25) is 5.95 Å². The highest BCUT2D eigenvalue weighted by atomic mass is 19.4. The molecular formula is C28H31F3N6O3. The van der Waals surface area contributed by atoms with Gasteiger partial charge in [0.05, 0.1) is 10.6 Å². The van der Waals surface area contributed by atoms with Crippen LogP contribution in [0.15, 0.2) is 60.8 Å². The van der Waals surface area contributed by atoms with E-state index < -0.39 is 16.8 Å². The number of rotatable bonds is 7. The Hall–Kier alpha value is -3.93. The zero-order valence-corrected chi connectivity index (χ0v) is 21.8. The van der Waals surface area contributed by atoms with Gasteiger partial charge in [-0.2, -0.15) is 0 Å². The summed E-state index contributed by atoms with van der Waals surface area (Å²) in [5.41, 5.74) is 8.61. The van der Waals surface area contributed by atoms with Crippen molar-refractivity contribution in [2.24, 2.45) is 11.7 Å². The molecule has 2 heterocycles. The first kappa shape index (κ1) is 27.6. The van der Waals surface area contributed by atoms with E-state index in [9.17, 15) is 23.3 Å². The van der Waals surface area contributed by atoms with Gasteiger partial charge in [-0.3, -0.25) is 10.1 Å². The molecule has 1 aliphatic heterocycles. The van der Waals surface area contributed by atoms with Gasteiger partial charge in [-0.05, 0) is 61.9 Å². The Labute approximate surface area is 229 Å². The summed E-state index contributed by atoms with van der Waals surface area (Å²) in [7, 11) is 0. The summed E-state index contributed by atoms with van der Waals surface area (Å²) in [4.78, 5) is 21.9. The van der Waals surface area contributed by atoms with E-state index in [0.717, 1.165) is 57.3 Å². The van der Waals surface area contributed by atoms with Gasteiger partial charge in [-0.25, -0.2) is 9.97 Å². The predicted octanol–water partition coefficient (Wildman–Crippen LogP) is 5.92. The first-order valence-electron chi connectivity index (χ1n) is 13.3. The lowest BCUT2D eigenvalue weighted by Crippen LogP contribution is -2.64. The van der Waals surface area contributed by atoms with E-state index in [2.05, 4.69) is 24.9 Å². The van der Waals surface area contributed by atoms with Crippen molar-refractivity contribution in [1.82, 2.24) is 9.97 Å². The molecule has 9 nitrogen and oxygen atoms in total. The Bertz CT molecular complexity index is 1340. The van der Waals surface area contributed by atoms with Crippen molar-refractivity contribution in [3.05, 3.63) is 70.9 Å². The predicted molar refractivity (Wildman–Crippen MR) is 145 cm³/mol. The fraction of sp³-hybridized carbons (Fsp3) is 0.429. The molecule has 12 heteroatoms. The zero-order chi connectivity index (χ0) is 28.3. The van der Waals surface area contributed by atoms with Crippen LogP contribution >= 0.6 is 0 Å². The van der Waals surface area contributed by atoms with E-state index in [0.29, 0.717) is 17.2 Å². The number of hydrogen-bond donors (Lipinski definition) is 2. The van der Waals surface area contributed by atoms with Crippen LogP contribution < -0.4 is 20.7 Å². The quantitative estimate of drug-likeness (QED) is 0.272. The number of piperidine rings is 1. The van der Waals surface area contributed by atoms with Crippen LogP contribution in [0.3, 0.4) is 0 Å². The molecule has 3 aromatic rings. The number of benzene rings is 2. The van der Waals surface area contributed by atoms with Gasteiger partial charge in [-0.1, -0.05) is 25.0 Å². The van der Waals surface area contributed by atoms with Crippen molar-refractivity contribution in [2.45, 2.75) is 56.5 Å². The second-order valence-corrected chi connectivity index (χ2v) is 10.5. The number of anilines is 2. The van der Waals surface area contributed by atoms with Gasteiger partial charge in [0, 0.05) is 54.3 Å². The number of ether oxygens (including phenoxy) is 1. The molecule has 2 aromatic carbocycles. The molecule has 1 saturated heterocycles. The van der Waals surface area contributed by atoms with Gasteiger partial charge in [0.15, 0.2) is 0 Å². The number of nitro groups is 1. The molecule has 3 N–H and O–H groups in total. The summed E-state index contributed by atoms with van der Waals surface area (Å²) in [5.74, 6) is 0.222. The molecule has 1 aromatic heterocycles. The topological polar surface area (TPSA) is 119 Å². The van der Waals surface area contributed by atoms with Crippen LogP contribution in [0.1, 0.15) is 38.5 Å². The van der Waals surface area contributed by atoms with E-state index in [-0.39, 0.29) is 23.4 Å². The van der Waals surface area contributed by atoms with Crippen LogP contribution in [0.2, 0.25) is 0 Å². The van der Waals surface area contributed by atoms with E-state index in [4.69, 9.17) is 5.73 Å². The molecule has 2 unspecified atom stereocenters. The molecule has 5 rings (SSSR count). The highest BCUT2D eigenvalue weighted by Gasteiger charge is 2.45. The Balaban J connectivity index is 1.33. The maximum atomic E-state index is 12.7. The number of hydrogen-bond acceptors (Lipinski definition) is 8. The third-order valence-corrected chi connectivity index (χ3v) is 7.93. The van der Waals surface area contributed by atoms with Gasteiger partial charge < -0.3 is 20.7 Å². The lowest BCUT2D eigenvalue weighted by atomic mass is 9.67. The third kappa shape index (κ3) is 6.27. The molecule has 2 aliphatic rings. The van der Waals surface area contributed by atoms with Crippen LogP contribution in [-0.2, 0) is 0 Å². The minimum absolute atomic E-state index is 0.0611. The van der Waals surface area contributed by atoms with Gasteiger partial charge in [0.25, 0.3) is 5.69 Å². The van der Waals surface area contributed by atoms with Gasteiger partial charge in [0.1, 0.15) is 5.75 Å². The number of halogens is 3. The molecule has 0 amide bonds. The van der Waals surface area contributed by atoms with Crippen LogP contribution in [0.4, 0.5) is 30.5 Å². The fourth-order valence-electron chi connectivity index (χ4n) is 5.95. The van der Waals surface area contributed by atoms with Crippen molar-refractivity contribution in [3.63, 3.8) is 0 Å². The molecule has 3 atom stereocenters. The van der Waals surface area contributed by atoms with E-state index in [1.807, 2.05) is 0 Å². The van der Waals surface area contributed by atoms with Gasteiger partial charge >= 0.3 is 6.36 Å². The minimum atomic E-state index is -4.78. The molecule has 40 heavy (non-hydrogen) atoms. The fourth-order valence-corrected chi connectivity index (χ4v) is 5.95. The molecular weight excluding hydrogens is 525 g/mol. The lowest BCUT2D eigenvalue weighted by molar-refractivity contribution is -0.384. The number of nitrogens with zero attached hydrogens (tertiary/aromatic N) is 4. The molecule has 0 radical (unpaired) electrons. The van der Waals surface area contributed by atoms with E-state index >= 15 is 0 Å². The maximum absolute atomic E-state index is 12.7. The largest absolute Gasteiger partial charge is 0.573 e. The Morgan fingerprint density at radius 2 is 1.90 bits per heavy atom. The van der Waals surface area contributed by atoms with Crippen LogP contribution in [0, 0.1) is 16.0 Å². The van der Waals surface area contributed by atoms with E-state index in [1.165, 1.54) is 30.3 Å². The summed E-state index contributed by atoms with van der Waals surface area (Å²) >= 11 is 0. The smallest absolute Gasteiger partial charge is 0.406 e. The first-order chi connectivity index (χ1) is 19.1. The second-order valence-electron chi connectivity index (χ2n) is 10.5. The molecule has 0 spiro atoms. The summed E-state index contributed by atoms with van der Waals surface area (Å²) in [6, 6.07) is 13.8. The van der Waals surface area contributed by atoms with Crippen molar-refractivity contribution >= 4 is 17.3 Å². The molecule has 1 aliphatic carbocycles.